The van der Waals surface area contributed by atoms with Gasteiger partial charge in [0.25, 0.3) is 5.56 Å². The monoisotopic (exact) mass is 535 g/mol. The van der Waals surface area contributed by atoms with E-state index < -0.39 is 41.2 Å². The Kier molecular flexibility index (Phi) is 5.19. The fraction of sp³-hybridized carbons (Fsp3) is 0.360. The summed E-state index contributed by atoms with van der Waals surface area (Å²) in [6.45, 7) is 1.12. The largest absolute Gasteiger partial charge is 0.573 e. The molecule has 13 heteroatoms. The summed E-state index contributed by atoms with van der Waals surface area (Å²) in [6, 6.07) is 1.41. The first-order chi connectivity index (χ1) is 17.9. The van der Waals surface area contributed by atoms with Crippen molar-refractivity contribution in [2.24, 2.45) is 4.99 Å². The molecule has 0 saturated carbocycles. The number of pyridine rings is 2. The number of cyclic esters (lactones) is 1. The summed E-state index contributed by atoms with van der Waals surface area (Å²) in [5.74, 6) is -3.13. The maximum Gasteiger partial charge on any atom is 0.573 e. The van der Waals surface area contributed by atoms with Crippen molar-refractivity contribution in [3.63, 3.8) is 0 Å². The number of nitrogens with zero attached hydrogens (tertiary/aromatic N) is 3. The molecule has 0 fully saturated rings. The Bertz CT molecular complexity index is 1650. The van der Waals surface area contributed by atoms with Crippen LogP contribution in [0.3, 0.4) is 0 Å². The average Bonchev–Trinajstić information content (AvgIpc) is 3.23. The average molecular weight is 535 g/mol. The van der Waals surface area contributed by atoms with E-state index in [1.165, 1.54) is 10.6 Å². The van der Waals surface area contributed by atoms with E-state index in [0.717, 1.165) is 6.07 Å². The third-order valence-electron chi connectivity index (χ3n) is 7.44. The molecule has 1 N–H and O–H groups in total. The molecule has 2 aliphatic heterocycles. The molecule has 1 aromatic carbocycles. The van der Waals surface area contributed by atoms with Gasteiger partial charge in [-0.25, -0.2) is 18.6 Å². The fourth-order valence-electron chi connectivity index (χ4n) is 5.64. The number of aryl methyl sites for hydroxylation is 1. The van der Waals surface area contributed by atoms with E-state index in [1.807, 2.05) is 0 Å². The second kappa shape index (κ2) is 8.06. The Hall–Kier alpha value is -3.87. The SMILES string of the molecule is CC[C@@]1(O)C(=O)OCc2c1cc1n(c2=O)Cc2c-1nc1cc(F)c(F)c3c1c2C(N=COC(F)(F)F)CC3. The first kappa shape index (κ1) is 24.5. The van der Waals surface area contributed by atoms with Gasteiger partial charge < -0.3 is 19.1 Å². The molecule has 198 valence electrons. The van der Waals surface area contributed by atoms with Crippen LogP contribution in [0.25, 0.3) is 22.3 Å². The van der Waals surface area contributed by atoms with Crippen molar-refractivity contribution in [1.82, 2.24) is 9.55 Å². The van der Waals surface area contributed by atoms with Gasteiger partial charge in [-0.2, -0.15) is 0 Å². The van der Waals surface area contributed by atoms with Gasteiger partial charge in [0.15, 0.2) is 23.6 Å². The van der Waals surface area contributed by atoms with Crippen molar-refractivity contribution >= 4 is 23.3 Å². The third kappa shape index (κ3) is 3.37. The van der Waals surface area contributed by atoms with Gasteiger partial charge in [0, 0.05) is 28.1 Å². The van der Waals surface area contributed by atoms with Crippen molar-refractivity contribution < 1.29 is 41.3 Å². The van der Waals surface area contributed by atoms with Crippen LogP contribution in [0.15, 0.2) is 21.9 Å². The molecule has 1 unspecified atom stereocenters. The summed E-state index contributed by atoms with van der Waals surface area (Å²) in [4.78, 5) is 34.3. The van der Waals surface area contributed by atoms with Crippen LogP contribution in [-0.4, -0.2) is 33.4 Å². The number of aliphatic hydroxyl groups is 1. The van der Waals surface area contributed by atoms with Crippen LogP contribution in [0.2, 0.25) is 0 Å². The van der Waals surface area contributed by atoms with Gasteiger partial charge in [-0.1, -0.05) is 6.92 Å². The molecule has 0 spiro atoms. The molecule has 2 atom stereocenters. The first-order valence-corrected chi connectivity index (χ1v) is 11.7. The minimum absolute atomic E-state index is 0.00817. The van der Waals surface area contributed by atoms with Crippen molar-refractivity contribution in [1.29, 1.82) is 0 Å². The lowest BCUT2D eigenvalue weighted by Crippen LogP contribution is -2.44. The topological polar surface area (TPSA) is 103 Å². The van der Waals surface area contributed by atoms with E-state index in [9.17, 15) is 36.6 Å². The van der Waals surface area contributed by atoms with Gasteiger partial charge in [-0.05, 0) is 30.9 Å². The lowest BCUT2D eigenvalue weighted by molar-refractivity contribution is -0.280. The van der Waals surface area contributed by atoms with Gasteiger partial charge >= 0.3 is 12.3 Å². The molecular weight excluding hydrogens is 517 g/mol. The highest BCUT2D eigenvalue weighted by atomic mass is 19.4. The smallest absolute Gasteiger partial charge is 0.458 e. The minimum atomic E-state index is -4.96. The normalized spacial score (nSPS) is 21.9. The van der Waals surface area contributed by atoms with Gasteiger partial charge in [0.1, 0.15) is 6.61 Å². The van der Waals surface area contributed by atoms with Gasteiger partial charge in [0.05, 0.1) is 35.1 Å². The zero-order chi connectivity index (χ0) is 27.1. The highest BCUT2D eigenvalue weighted by Crippen LogP contribution is 2.46. The number of aromatic nitrogens is 2. The highest BCUT2D eigenvalue weighted by molar-refractivity contribution is 5.92. The molecule has 38 heavy (non-hydrogen) atoms. The molecule has 6 rings (SSSR count). The summed E-state index contributed by atoms with van der Waals surface area (Å²) in [5.41, 5.74) is -1.31. The van der Waals surface area contributed by atoms with Crippen LogP contribution in [0.5, 0.6) is 0 Å². The number of aliphatic imine (C=N–C) groups is 1. The maximum atomic E-state index is 14.8. The zero-order valence-electron chi connectivity index (χ0n) is 19.7. The molecule has 0 saturated heterocycles. The summed E-state index contributed by atoms with van der Waals surface area (Å²) in [5, 5.41) is 11.3. The van der Waals surface area contributed by atoms with Crippen LogP contribution in [-0.2, 0) is 39.4 Å². The molecule has 3 aromatic rings. The predicted molar refractivity (Wildman–Crippen MR) is 121 cm³/mol. The number of carbonyl (C=O) groups excluding carboxylic acids is 1. The van der Waals surface area contributed by atoms with E-state index in [4.69, 9.17) is 4.74 Å². The van der Waals surface area contributed by atoms with Gasteiger partial charge in [-0.3, -0.25) is 9.79 Å². The Morgan fingerprint density at radius 3 is 2.74 bits per heavy atom. The van der Waals surface area contributed by atoms with Crippen molar-refractivity contribution in [2.75, 3.05) is 0 Å². The van der Waals surface area contributed by atoms with Crippen molar-refractivity contribution in [2.45, 2.75) is 57.3 Å². The number of halogens is 5. The standard InChI is InChI=1S/C25H18F5N3O5/c1-2-24(36)13-5-17-21-11(7-33(17)22(34)12(13)8-37-23(24)35)19-15(31-9-38-25(28,29)30)4-3-10-18(19)16(32-21)6-14(26)20(10)27/h5-6,9,15,36H,2-4,7-8H2,1H3/t15?,24-/m0/s1. The summed E-state index contributed by atoms with van der Waals surface area (Å²) >= 11 is 0. The van der Waals surface area contributed by atoms with E-state index >= 15 is 0 Å². The van der Waals surface area contributed by atoms with E-state index in [2.05, 4.69) is 14.7 Å². The number of hydrogen-bond acceptors (Lipinski definition) is 7. The van der Waals surface area contributed by atoms with E-state index in [0.29, 0.717) is 11.1 Å². The molecule has 1 aliphatic carbocycles. The van der Waals surface area contributed by atoms with Crippen molar-refractivity contribution in [3.05, 3.63) is 61.9 Å². The lowest BCUT2D eigenvalue weighted by Gasteiger charge is -2.31. The molecule has 0 bridgehead atoms. The Labute approximate surface area is 210 Å². The lowest BCUT2D eigenvalue weighted by atomic mass is 9.83. The number of benzene rings is 1. The third-order valence-corrected chi connectivity index (χ3v) is 7.44. The van der Waals surface area contributed by atoms with Gasteiger partial charge in [0.2, 0.25) is 0 Å². The number of fused-ring (bicyclic) bond motifs is 5. The van der Waals surface area contributed by atoms with Crippen LogP contribution in [0.4, 0.5) is 22.0 Å². The number of alkyl halides is 3. The molecule has 0 radical (unpaired) electrons. The molecule has 4 heterocycles. The van der Waals surface area contributed by atoms with E-state index in [1.54, 1.807) is 6.92 Å². The Balaban J connectivity index is 1.62. The Morgan fingerprint density at radius 1 is 1.26 bits per heavy atom. The Morgan fingerprint density at radius 2 is 2.03 bits per heavy atom. The van der Waals surface area contributed by atoms with Crippen LogP contribution in [0.1, 0.15) is 53.6 Å². The molecule has 0 amide bonds. The number of hydrogen-bond donors (Lipinski definition) is 1. The van der Waals surface area contributed by atoms with Crippen LogP contribution < -0.4 is 5.56 Å². The van der Waals surface area contributed by atoms with E-state index in [-0.39, 0.29) is 77.8 Å². The summed E-state index contributed by atoms with van der Waals surface area (Å²) < 4.78 is 77.1. The number of carbonyl (C=O) groups is 1. The second-order valence-corrected chi connectivity index (χ2v) is 9.37. The molecule has 2 aromatic heterocycles. The quantitative estimate of drug-likeness (QED) is 0.185. The van der Waals surface area contributed by atoms with Gasteiger partial charge in [-0.15, -0.1) is 13.2 Å². The number of esters is 1. The molecule has 3 aliphatic rings. The second-order valence-electron chi connectivity index (χ2n) is 9.37. The first-order valence-electron chi connectivity index (χ1n) is 11.7. The van der Waals surface area contributed by atoms with Crippen LogP contribution >= 0.6 is 0 Å². The minimum Gasteiger partial charge on any atom is -0.458 e. The zero-order valence-corrected chi connectivity index (χ0v) is 19.7. The number of ether oxygens (including phenoxy) is 2. The molecular formula is C25H18F5N3O5. The predicted octanol–water partition coefficient (Wildman–Crippen LogP) is 3.91. The molecule has 8 nitrogen and oxygen atoms in total. The van der Waals surface area contributed by atoms with Crippen LogP contribution in [0, 0.1) is 11.6 Å². The highest BCUT2D eigenvalue weighted by Gasteiger charge is 2.46. The summed E-state index contributed by atoms with van der Waals surface area (Å²) in [6.07, 6.45) is -4.72. The maximum absolute atomic E-state index is 14.8. The fourth-order valence-corrected chi connectivity index (χ4v) is 5.64. The summed E-state index contributed by atoms with van der Waals surface area (Å²) in [7, 11) is 0. The number of rotatable bonds is 3. The van der Waals surface area contributed by atoms with Crippen molar-refractivity contribution in [3.8, 4) is 11.4 Å².